The average molecular weight is 519 g/mol. The lowest BCUT2D eigenvalue weighted by molar-refractivity contribution is -0.139. The third-order valence-corrected chi connectivity index (χ3v) is 8.29. The van der Waals surface area contributed by atoms with Crippen LogP contribution in [0.1, 0.15) is 43.7 Å². The van der Waals surface area contributed by atoms with Gasteiger partial charge in [0, 0.05) is 26.7 Å². The third-order valence-electron chi connectivity index (χ3n) is 6.48. The van der Waals surface area contributed by atoms with Crippen LogP contribution in [0, 0.1) is 12.7 Å². The Morgan fingerprint density at radius 2 is 1.67 bits per heavy atom. The van der Waals surface area contributed by atoms with Crippen LogP contribution in [0.4, 0.5) is 10.1 Å². The highest BCUT2D eigenvalue weighted by Crippen LogP contribution is 2.24. The largest absolute Gasteiger partial charge is 0.352 e. The Labute approximate surface area is 213 Å². The number of hydrogen-bond acceptors (Lipinski definition) is 4. The maximum atomic E-state index is 14.7. The van der Waals surface area contributed by atoms with Crippen molar-refractivity contribution in [1.82, 2.24) is 14.5 Å². The second-order valence-electron chi connectivity index (χ2n) is 9.42. The van der Waals surface area contributed by atoms with E-state index in [-0.39, 0.29) is 24.2 Å². The van der Waals surface area contributed by atoms with Crippen molar-refractivity contribution >= 4 is 27.7 Å². The number of amides is 2. The van der Waals surface area contributed by atoms with E-state index in [9.17, 15) is 22.4 Å². The van der Waals surface area contributed by atoms with E-state index in [4.69, 9.17) is 0 Å². The van der Waals surface area contributed by atoms with Gasteiger partial charge in [-0.3, -0.25) is 9.59 Å². The molecule has 0 spiro atoms. The van der Waals surface area contributed by atoms with Crippen molar-refractivity contribution in [2.45, 2.75) is 58.2 Å². The topological polar surface area (TPSA) is 90.0 Å². The van der Waals surface area contributed by atoms with Crippen LogP contribution < -0.4 is 9.62 Å². The minimum atomic E-state index is -4.21. The van der Waals surface area contributed by atoms with E-state index in [1.165, 1.54) is 37.2 Å². The van der Waals surface area contributed by atoms with E-state index in [2.05, 4.69) is 5.32 Å². The molecule has 0 aromatic heterocycles. The first-order valence-electron chi connectivity index (χ1n) is 12.1. The van der Waals surface area contributed by atoms with E-state index in [0.717, 1.165) is 51.5 Å². The summed E-state index contributed by atoms with van der Waals surface area (Å²) >= 11 is 0. The molecule has 0 heterocycles. The fourth-order valence-electron chi connectivity index (χ4n) is 4.22. The Kier molecular flexibility index (Phi) is 9.08. The number of nitrogens with zero attached hydrogens (tertiary/aromatic N) is 3. The van der Waals surface area contributed by atoms with Gasteiger partial charge in [0.2, 0.25) is 11.8 Å². The van der Waals surface area contributed by atoms with Crippen molar-refractivity contribution in [2.24, 2.45) is 0 Å². The Balaban J connectivity index is 1.93. The number of para-hydroxylation sites is 1. The first-order valence-corrected chi connectivity index (χ1v) is 13.5. The van der Waals surface area contributed by atoms with Gasteiger partial charge in [0.1, 0.15) is 18.4 Å². The molecule has 0 radical (unpaired) electrons. The number of halogens is 1. The minimum absolute atomic E-state index is 0.0697. The van der Waals surface area contributed by atoms with E-state index in [1.807, 2.05) is 31.2 Å². The van der Waals surface area contributed by atoms with Crippen molar-refractivity contribution in [3.63, 3.8) is 0 Å². The standard InChI is InChI=1S/C26H35FN4O4S/c1-19-13-15-21(16-14-19)17-30(20(2)26(33)28-22-9-5-6-10-22)25(32)18-31(36(34,35)29(3)4)24-12-8-7-11-23(24)27/h7-8,11-16,20,22H,5-6,9-10,17-18H2,1-4H3,(H,28,33)/t20-/m1/s1. The number of carbonyl (C=O) groups excluding carboxylic acids is 2. The smallest absolute Gasteiger partial charge is 0.304 e. The van der Waals surface area contributed by atoms with Crippen LogP contribution in [0.2, 0.25) is 0 Å². The molecule has 8 nitrogen and oxygen atoms in total. The zero-order chi connectivity index (χ0) is 26.5. The molecule has 3 rings (SSSR count). The number of benzene rings is 2. The number of hydrogen-bond donors (Lipinski definition) is 1. The van der Waals surface area contributed by atoms with Crippen molar-refractivity contribution < 1.29 is 22.4 Å². The summed E-state index contributed by atoms with van der Waals surface area (Å²) in [6, 6.07) is 12.1. The number of carbonyl (C=O) groups is 2. The summed E-state index contributed by atoms with van der Waals surface area (Å²) in [6.45, 7) is 3.02. The first-order chi connectivity index (χ1) is 17.0. The van der Waals surface area contributed by atoms with Crippen molar-refractivity contribution in [3.05, 3.63) is 65.5 Å². The van der Waals surface area contributed by atoms with Crippen molar-refractivity contribution in [2.75, 3.05) is 24.9 Å². The molecule has 2 amide bonds. The van der Waals surface area contributed by atoms with Gasteiger partial charge in [0.15, 0.2) is 0 Å². The minimum Gasteiger partial charge on any atom is -0.352 e. The predicted octanol–water partition coefficient (Wildman–Crippen LogP) is 3.22. The van der Waals surface area contributed by atoms with Crippen LogP contribution in [0.3, 0.4) is 0 Å². The molecule has 0 bridgehead atoms. The summed E-state index contributed by atoms with van der Waals surface area (Å²) in [5.41, 5.74) is 1.60. The molecule has 0 unspecified atom stereocenters. The monoisotopic (exact) mass is 518 g/mol. The second-order valence-corrected chi connectivity index (χ2v) is 11.5. The lowest BCUT2D eigenvalue weighted by atomic mass is 10.1. The van der Waals surface area contributed by atoms with Crippen LogP contribution in [-0.4, -0.2) is 62.2 Å². The van der Waals surface area contributed by atoms with Gasteiger partial charge in [-0.25, -0.2) is 8.70 Å². The van der Waals surface area contributed by atoms with Crippen LogP contribution in [0.25, 0.3) is 0 Å². The Hall–Kier alpha value is -2.98. The highest BCUT2D eigenvalue weighted by molar-refractivity contribution is 7.90. The molecular formula is C26H35FN4O4S. The summed E-state index contributed by atoms with van der Waals surface area (Å²) in [6.07, 6.45) is 3.88. The molecule has 2 aromatic carbocycles. The van der Waals surface area contributed by atoms with Crippen LogP contribution >= 0.6 is 0 Å². The average Bonchev–Trinajstić information content (AvgIpc) is 3.35. The van der Waals surface area contributed by atoms with Crippen molar-refractivity contribution in [1.29, 1.82) is 0 Å². The van der Waals surface area contributed by atoms with Gasteiger partial charge in [-0.15, -0.1) is 0 Å². The Morgan fingerprint density at radius 3 is 2.25 bits per heavy atom. The maximum absolute atomic E-state index is 14.7. The molecular weight excluding hydrogens is 483 g/mol. The van der Waals surface area contributed by atoms with Gasteiger partial charge >= 0.3 is 10.2 Å². The molecule has 0 aliphatic heterocycles. The normalized spacial score (nSPS) is 15.1. The molecule has 0 saturated heterocycles. The molecule has 1 aliphatic rings. The molecule has 1 saturated carbocycles. The summed E-state index contributed by atoms with van der Waals surface area (Å²) in [4.78, 5) is 28.1. The third kappa shape index (κ3) is 6.61. The van der Waals surface area contributed by atoms with Gasteiger partial charge in [-0.1, -0.05) is 54.8 Å². The number of nitrogens with one attached hydrogen (secondary N) is 1. The molecule has 196 valence electrons. The molecule has 1 fully saturated rings. The highest BCUT2D eigenvalue weighted by atomic mass is 32.2. The lowest BCUT2D eigenvalue weighted by Gasteiger charge is -2.33. The molecule has 10 heteroatoms. The summed E-state index contributed by atoms with van der Waals surface area (Å²) in [7, 11) is -1.58. The number of anilines is 1. The highest BCUT2D eigenvalue weighted by Gasteiger charge is 2.34. The summed E-state index contributed by atoms with van der Waals surface area (Å²) < 4.78 is 42.6. The Morgan fingerprint density at radius 1 is 1.06 bits per heavy atom. The fourth-order valence-corrected chi connectivity index (χ4v) is 5.29. The first kappa shape index (κ1) is 27.6. The fraction of sp³-hybridized carbons (Fsp3) is 0.462. The number of aryl methyl sites for hydroxylation is 1. The van der Waals surface area contributed by atoms with Gasteiger partial charge in [-0.2, -0.15) is 12.7 Å². The Bertz CT molecular complexity index is 1160. The van der Waals surface area contributed by atoms with Gasteiger partial charge in [-0.05, 0) is 44.4 Å². The van der Waals surface area contributed by atoms with Crippen LogP contribution in [-0.2, 0) is 26.3 Å². The molecule has 1 atom stereocenters. The van der Waals surface area contributed by atoms with E-state index < -0.39 is 34.5 Å². The number of rotatable bonds is 10. The van der Waals surface area contributed by atoms with E-state index in [1.54, 1.807) is 6.92 Å². The molecule has 1 aliphatic carbocycles. The SMILES string of the molecule is Cc1ccc(CN(C(=O)CN(c2ccccc2F)S(=O)(=O)N(C)C)[C@H](C)C(=O)NC2CCCC2)cc1. The quantitative estimate of drug-likeness (QED) is 0.523. The molecule has 1 N–H and O–H groups in total. The summed E-state index contributed by atoms with van der Waals surface area (Å²) in [5, 5.41) is 3.02. The maximum Gasteiger partial charge on any atom is 0.304 e. The van der Waals surface area contributed by atoms with E-state index in [0.29, 0.717) is 0 Å². The summed E-state index contributed by atoms with van der Waals surface area (Å²) in [5.74, 6) is -1.68. The van der Waals surface area contributed by atoms with E-state index >= 15 is 0 Å². The van der Waals surface area contributed by atoms with Crippen molar-refractivity contribution in [3.8, 4) is 0 Å². The predicted molar refractivity (Wildman–Crippen MR) is 138 cm³/mol. The second kappa shape index (κ2) is 11.8. The van der Waals surface area contributed by atoms with Gasteiger partial charge < -0.3 is 10.2 Å². The van der Waals surface area contributed by atoms with Crippen LogP contribution in [0.5, 0.6) is 0 Å². The molecule has 36 heavy (non-hydrogen) atoms. The van der Waals surface area contributed by atoms with Gasteiger partial charge in [0.05, 0.1) is 5.69 Å². The van der Waals surface area contributed by atoms with Gasteiger partial charge in [0.25, 0.3) is 0 Å². The zero-order valence-corrected chi connectivity index (χ0v) is 22.1. The lowest BCUT2D eigenvalue weighted by Crippen LogP contribution is -2.53. The van der Waals surface area contributed by atoms with Crippen LogP contribution in [0.15, 0.2) is 48.5 Å². The molecule has 2 aromatic rings. The zero-order valence-electron chi connectivity index (χ0n) is 21.3.